The minimum absolute atomic E-state index is 0.342. The van der Waals surface area contributed by atoms with E-state index in [4.69, 9.17) is 5.73 Å². The summed E-state index contributed by atoms with van der Waals surface area (Å²) in [7, 11) is 0. The van der Waals surface area contributed by atoms with E-state index in [1.54, 1.807) is 0 Å². The molecule has 3 saturated carbocycles. The molecular formula is C11H19N. The molecule has 0 amide bonds. The highest BCUT2D eigenvalue weighted by molar-refractivity contribution is 5.20. The summed E-state index contributed by atoms with van der Waals surface area (Å²) in [5.74, 6) is 2.80. The van der Waals surface area contributed by atoms with Crippen molar-refractivity contribution >= 4 is 0 Å². The number of fused-ring (bicyclic) bond motifs is 1. The maximum absolute atomic E-state index is 6.50. The van der Waals surface area contributed by atoms with Crippen molar-refractivity contribution in [1.29, 1.82) is 0 Å². The van der Waals surface area contributed by atoms with E-state index >= 15 is 0 Å². The van der Waals surface area contributed by atoms with Crippen LogP contribution in [0, 0.1) is 17.8 Å². The Hall–Kier alpha value is -0.0400. The zero-order valence-corrected chi connectivity index (χ0v) is 7.76. The fourth-order valence-electron chi connectivity index (χ4n) is 3.73. The van der Waals surface area contributed by atoms with Gasteiger partial charge < -0.3 is 5.73 Å². The average molecular weight is 165 g/mol. The Morgan fingerprint density at radius 1 is 0.833 bits per heavy atom. The van der Waals surface area contributed by atoms with Gasteiger partial charge in [-0.25, -0.2) is 0 Å². The highest BCUT2D eigenvalue weighted by Gasteiger charge is 2.65. The first-order valence-corrected chi connectivity index (χ1v) is 5.62. The van der Waals surface area contributed by atoms with Crippen LogP contribution in [0.1, 0.15) is 44.9 Å². The number of hydrogen-bond donors (Lipinski definition) is 1. The second-order valence-electron chi connectivity index (χ2n) is 5.13. The molecule has 1 nitrogen and oxygen atoms in total. The van der Waals surface area contributed by atoms with Gasteiger partial charge in [0.2, 0.25) is 0 Å². The lowest BCUT2D eigenvalue weighted by atomic mass is 9.76. The van der Waals surface area contributed by atoms with Crippen molar-refractivity contribution in [2.75, 3.05) is 0 Å². The topological polar surface area (TPSA) is 26.0 Å². The first-order valence-electron chi connectivity index (χ1n) is 5.62. The minimum Gasteiger partial charge on any atom is -0.324 e. The molecule has 0 aromatic carbocycles. The molecule has 0 spiro atoms. The zero-order chi connectivity index (χ0) is 8.18. The smallest absolute Gasteiger partial charge is 0.0246 e. The van der Waals surface area contributed by atoms with E-state index in [2.05, 4.69) is 0 Å². The van der Waals surface area contributed by atoms with Crippen LogP contribution in [-0.2, 0) is 0 Å². The molecule has 0 radical (unpaired) electrons. The molecule has 0 heterocycles. The van der Waals surface area contributed by atoms with Crippen LogP contribution in [0.15, 0.2) is 0 Å². The van der Waals surface area contributed by atoms with Crippen LogP contribution in [-0.4, -0.2) is 5.54 Å². The molecule has 2 atom stereocenters. The predicted molar refractivity (Wildman–Crippen MR) is 49.7 cm³/mol. The standard InChI is InChI=1S/C11H19N/c12-11(8-4-3-5-8)9-6-1-2-7-10(9)11/h8-10H,1-7,12H2. The number of hydrogen-bond acceptors (Lipinski definition) is 1. The van der Waals surface area contributed by atoms with Crippen molar-refractivity contribution in [3.8, 4) is 0 Å². The van der Waals surface area contributed by atoms with Gasteiger partial charge in [0.15, 0.2) is 0 Å². The molecule has 0 aromatic heterocycles. The maximum Gasteiger partial charge on any atom is 0.0246 e. The summed E-state index contributed by atoms with van der Waals surface area (Å²) >= 11 is 0. The monoisotopic (exact) mass is 165 g/mol. The lowest BCUT2D eigenvalue weighted by Gasteiger charge is -2.33. The Morgan fingerprint density at radius 3 is 1.83 bits per heavy atom. The average Bonchev–Trinajstić information content (AvgIpc) is 2.56. The third-order valence-corrected chi connectivity index (χ3v) is 4.75. The Kier molecular flexibility index (Phi) is 1.39. The summed E-state index contributed by atoms with van der Waals surface area (Å²) in [6, 6.07) is 0. The predicted octanol–water partition coefficient (Wildman–Crippen LogP) is 2.30. The second kappa shape index (κ2) is 2.25. The molecular weight excluding hydrogens is 146 g/mol. The van der Waals surface area contributed by atoms with Gasteiger partial charge in [0.1, 0.15) is 0 Å². The largest absolute Gasteiger partial charge is 0.324 e. The van der Waals surface area contributed by atoms with Gasteiger partial charge in [-0.05, 0) is 43.4 Å². The lowest BCUT2D eigenvalue weighted by molar-refractivity contribution is 0.225. The van der Waals surface area contributed by atoms with Crippen molar-refractivity contribution < 1.29 is 0 Å². The summed E-state index contributed by atoms with van der Waals surface area (Å²) in [5.41, 5.74) is 6.84. The molecule has 12 heavy (non-hydrogen) atoms. The summed E-state index contributed by atoms with van der Waals surface area (Å²) in [6.07, 6.45) is 10.1. The van der Waals surface area contributed by atoms with Crippen molar-refractivity contribution in [3.05, 3.63) is 0 Å². The van der Waals surface area contributed by atoms with E-state index in [1.165, 1.54) is 44.9 Å². The van der Waals surface area contributed by atoms with Gasteiger partial charge in [-0.15, -0.1) is 0 Å². The van der Waals surface area contributed by atoms with Crippen LogP contribution in [0.2, 0.25) is 0 Å². The van der Waals surface area contributed by atoms with E-state index in [1.807, 2.05) is 0 Å². The number of rotatable bonds is 1. The summed E-state index contributed by atoms with van der Waals surface area (Å²) < 4.78 is 0. The number of nitrogens with two attached hydrogens (primary N) is 1. The molecule has 3 aliphatic carbocycles. The quantitative estimate of drug-likeness (QED) is 0.634. The van der Waals surface area contributed by atoms with E-state index in [-0.39, 0.29) is 0 Å². The Morgan fingerprint density at radius 2 is 1.42 bits per heavy atom. The Labute approximate surface area is 74.7 Å². The highest BCUT2D eigenvalue weighted by Crippen LogP contribution is 2.63. The highest BCUT2D eigenvalue weighted by atomic mass is 14.9. The fraction of sp³-hybridized carbons (Fsp3) is 1.00. The van der Waals surface area contributed by atoms with E-state index < -0.39 is 0 Å². The maximum atomic E-state index is 6.50. The molecule has 0 bridgehead atoms. The lowest BCUT2D eigenvalue weighted by Crippen LogP contribution is -2.40. The Balaban J connectivity index is 1.75. The molecule has 3 fully saturated rings. The van der Waals surface area contributed by atoms with E-state index in [0.717, 1.165) is 17.8 Å². The van der Waals surface area contributed by atoms with Crippen LogP contribution in [0.5, 0.6) is 0 Å². The first kappa shape index (κ1) is 7.37. The Bertz CT molecular complexity index is 183. The van der Waals surface area contributed by atoms with Gasteiger partial charge in [0.25, 0.3) is 0 Å². The molecule has 68 valence electrons. The van der Waals surface area contributed by atoms with E-state index in [9.17, 15) is 0 Å². The van der Waals surface area contributed by atoms with Crippen LogP contribution in [0.4, 0.5) is 0 Å². The van der Waals surface area contributed by atoms with Crippen LogP contribution in [0.3, 0.4) is 0 Å². The molecule has 3 rings (SSSR count). The van der Waals surface area contributed by atoms with Gasteiger partial charge in [-0.3, -0.25) is 0 Å². The van der Waals surface area contributed by atoms with Crippen LogP contribution >= 0.6 is 0 Å². The molecule has 2 unspecified atom stereocenters. The SMILES string of the molecule is NC1(C2CCC2)C2CCCCC21. The molecule has 3 aliphatic rings. The van der Waals surface area contributed by atoms with Gasteiger partial charge in [-0.2, -0.15) is 0 Å². The van der Waals surface area contributed by atoms with Crippen LogP contribution < -0.4 is 5.73 Å². The van der Waals surface area contributed by atoms with Crippen molar-refractivity contribution in [2.45, 2.75) is 50.5 Å². The van der Waals surface area contributed by atoms with Crippen LogP contribution in [0.25, 0.3) is 0 Å². The van der Waals surface area contributed by atoms with E-state index in [0.29, 0.717) is 5.54 Å². The summed E-state index contributed by atoms with van der Waals surface area (Å²) in [4.78, 5) is 0. The van der Waals surface area contributed by atoms with Gasteiger partial charge in [0, 0.05) is 5.54 Å². The molecule has 0 saturated heterocycles. The first-order chi connectivity index (χ1) is 5.83. The summed E-state index contributed by atoms with van der Waals surface area (Å²) in [5, 5.41) is 0. The molecule has 2 N–H and O–H groups in total. The van der Waals surface area contributed by atoms with Crippen molar-refractivity contribution in [2.24, 2.45) is 23.5 Å². The summed E-state index contributed by atoms with van der Waals surface area (Å²) in [6.45, 7) is 0. The molecule has 0 aliphatic heterocycles. The van der Waals surface area contributed by atoms with Gasteiger partial charge >= 0.3 is 0 Å². The second-order valence-corrected chi connectivity index (χ2v) is 5.13. The zero-order valence-electron chi connectivity index (χ0n) is 7.76. The van der Waals surface area contributed by atoms with Crippen molar-refractivity contribution in [1.82, 2.24) is 0 Å². The molecule has 1 heteroatoms. The van der Waals surface area contributed by atoms with Gasteiger partial charge in [-0.1, -0.05) is 19.3 Å². The normalized spacial score (nSPS) is 52.8. The van der Waals surface area contributed by atoms with Crippen molar-refractivity contribution in [3.63, 3.8) is 0 Å². The third kappa shape index (κ3) is 0.736. The fourth-order valence-corrected chi connectivity index (χ4v) is 3.73. The third-order valence-electron chi connectivity index (χ3n) is 4.75. The minimum atomic E-state index is 0.342. The molecule has 0 aromatic rings. The van der Waals surface area contributed by atoms with Gasteiger partial charge in [0.05, 0.1) is 0 Å².